The molecule has 6 nitrogen and oxygen atoms in total. The van der Waals surface area contributed by atoms with Crippen LogP contribution in [0.5, 0.6) is 0 Å². The van der Waals surface area contributed by atoms with Crippen LogP contribution in [0.15, 0.2) is 47.9 Å². The Morgan fingerprint density at radius 1 is 1.32 bits per heavy atom. The monoisotopic (exact) mass is 437 g/mol. The van der Waals surface area contributed by atoms with Crippen molar-refractivity contribution >= 4 is 27.3 Å². The highest BCUT2D eigenvalue weighted by Gasteiger charge is 2.52. The maximum absolute atomic E-state index is 12.6. The number of aromatic nitrogens is 1. The molecular weight excluding hydrogens is 423 g/mol. The molecule has 1 N–H and O–H groups in total. The number of halogens is 4. The number of ether oxygens (including phenoxy) is 1. The molecular formula is C17H15ClF3NO5S. The van der Waals surface area contributed by atoms with Gasteiger partial charge >= 0.3 is 15.6 Å². The molecule has 2 aliphatic rings. The van der Waals surface area contributed by atoms with Crippen LogP contribution >= 0.6 is 11.6 Å². The number of nitrogens with zero attached hydrogens (tertiary/aromatic N) is 1. The lowest BCUT2D eigenvalue weighted by Gasteiger charge is -2.38. The maximum atomic E-state index is 12.6. The minimum Gasteiger partial charge on any atom is -0.487 e. The fourth-order valence-corrected chi connectivity index (χ4v) is 3.51. The number of pyridine rings is 1. The molecule has 1 aliphatic heterocycles. The van der Waals surface area contributed by atoms with E-state index in [0.717, 1.165) is 12.2 Å². The molecule has 28 heavy (non-hydrogen) atoms. The third-order valence-corrected chi connectivity index (χ3v) is 5.25. The quantitative estimate of drug-likeness (QED) is 0.441. The highest BCUT2D eigenvalue weighted by molar-refractivity contribution is 7.87. The van der Waals surface area contributed by atoms with Crippen molar-refractivity contribution in [3.63, 3.8) is 0 Å². The van der Waals surface area contributed by atoms with Gasteiger partial charge in [0.05, 0.1) is 10.7 Å². The summed E-state index contributed by atoms with van der Waals surface area (Å²) in [6.07, 6.45) is 4.66. The smallest absolute Gasteiger partial charge is 0.487 e. The number of alkyl halides is 3. The first-order valence-electron chi connectivity index (χ1n) is 7.92. The molecule has 1 aromatic rings. The first-order valence-corrected chi connectivity index (χ1v) is 9.71. The standard InChI is InChI=1S/C17H15ClF3NO5S/c1-15(2)7-12(13-4-3-10(18)9-22-13)11-5-6-16(23,8-14(11)26-15)27-28(24,25)17(19,20)21/h3-6,8-9,23H,7H2,1-2H3. The van der Waals surface area contributed by atoms with Crippen LogP contribution in [0.25, 0.3) is 5.57 Å². The number of hydrogen-bond donors (Lipinski definition) is 1. The minimum atomic E-state index is -6.04. The van der Waals surface area contributed by atoms with Crippen LogP contribution < -0.4 is 0 Å². The topological polar surface area (TPSA) is 85.7 Å². The molecule has 1 aliphatic carbocycles. The highest BCUT2D eigenvalue weighted by Crippen LogP contribution is 2.43. The normalized spacial score (nSPS) is 24.5. The Labute approximate surface area is 164 Å². The summed E-state index contributed by atoms with van der Waals surface area (Å²) in [5.41, 5.74) is -4.80. The number of fused-ring (bicyclic) bond motifs is 1. The summed E-state index contributed by atoms with van der Waals surface area (Å²) >= 11 is 5.85. The van der Waals surface area contributed by atoms with Gasteiger partial charge in [-0.25, -0.2) is 4.18 Å². The van der Waals surface area contributed by atoms with Crippen molar-refractivity contribution in [2.45, 2.75) is 37.2 Å². The molecule has 0 bridgehead atoms. The first kappa shape index (κ1) is 20.8. The molecule has 0 saturated carbocycles. The van der Waals surface area contributed by atoms with Crippen LogP contribution in [0.1, 0.15) is 26.0 Å². The molecule has 0 spiro atoms. The molecule has 1 unspecified atom stereocenters. The Hall–Kier alpha value is -1.88. The van der Waals surface area contributed by atoms with E-state index in [2.05, 4.69) is 9.17 Å². The Balaban J connectivity index is 2.06. The van der Waals surface area contributed by atoms with E-state index in [4.69, 9.17) is 16.3 Å². The summed E-state index contributed by atoms with van der Waals surface area (Å²) in [6, 6.07) is 3.30. The summed E-state index contributed by atoms with van der Waals surface area (Å²) in [6.45, 7) is 3.45. The number of allylic oxidation sites excluding steroid dienone is 1. The first-order chi connectivity index (χ1) is 12.7. The lowest BCUT2D eigenvalue weighted by molar-refractivity contribution is -0.0946. The molecule has 0 radical (unpaired) electrons. The van der Waals surface area contributed by atoms with E-state index in [1.807, 2.05) is 0 Å². The average Bonchev–Trinajstić information content (AvgIpc) is 2.51. The fraction of sp³-hybridized carbons (Fsp3) is 0.353. The third kappa shape index (κ3) is 4.09. The van der Waals surface area contributed by atoms with E-state index in [1.54, 1.807) is 26.0 Å². The van der Waals surface area contributed by atoms with Crippen molar-refractivity contribution in [1.82, 2.24) is 4.98 Å². The lowest BCUT2D eigenvalue weighted by Crippen LogP contribution is -2.39. The fourth-order valence-electron chi connectivity index (χ4n) is 2.84. The molecule has 2 heterocycles. The summed E-state index contributed by atoms with van der Waals surface area (Å²) in [5.74, 6) is -2.87. The van der Waals surface area contributed by atoms with Crippen LogP contribution in [0, 0.1) is 0 Å². The van der Waals surface area contributed by atoms with E-state index in [9.17, 15) is 26.7 Å². The Kier molecular flexibility index (Phi) is 4.90. The SMILES string of the molecule is CC1(C)CC(c2ccc(Cl)cn2)=C2C=CC(O)(OS(=O)(=O)C(F)(F)F)C=C2O1. The molecule has 152 valence electrons. The van der Waals surface area contributed by atoms with Crippen molar-refractivity contribution in [3.8, 4) is 0 Å². The summed E-state index contributed by atoms with van der Waals surface area (Å²) in [7, 11) is -6.04. The van der Waals surface area contributed by atoms with E-state index < -0.39 is 27.0 Å². The van der Waals surface area contributed by atoms with Crippen molar-refractivity contribution in [2.75, 3.05) is 0 Å². The molecule has 0 aromatic carbocycles. The predicted octanol–water partition coefficient (Wildman–Crippen LogP) is 3.70. The Morgan fingerprint density at radius 2 is 2.00 bits per heavy atom. The van der Waals surface area contributed by atoms with E-state index in [-0.39, 0.29) is 5.76 Å². The van der Waals surface area contributed by atoms with Crippen LogP contribution in [-0.4, -0.2) is 35.4 Å². The Bertz CT molecular complexity index is 997. The maximum Gasteiger partial charge on any atom is 0.523 e. The van der Waals surface area contributed by atoms with Gasteiger partial charge in [0, 0.05) is 24.3 Å². The molecule has 11 heteroatoms. The zero-order chi connectivity index (χ0) is 21.0. The van der Waals surface area contributed by atoms with Crippen molar-refractivity contribution in [2.24, 2.45) is 0 Å². The van der Waals surface area contributed by atoms with Crippen LogP contribution in [-0.2, 0) is 19.0 Å². The number of rotatable bonds is 3. The highest BCUT2D eigenvalue weighted by atomic mass is 35.5. The van der Waals surface area contributed by atoms with Crippen molar-refractivity contribution in [1.29, 1.82) is 0 Å². The van der Waals surface area contributed by atoms with Crippen LogP contribution in [0.2, 0.25) is 5.02 Å². The van der Waals surface area contributed by atoms with Gasteiger partial charge in [-0.2, -0.15) is 21.6 Å². The lowest BCUT2D eigenvalue weighted by atomic mass is 9.85. The summed E-state index contributed by atoms with van der Waals surface area (Å²) in [4.78, 5) is 4.24. The van der Waals surface area contributed by atoms with Crippen LogP contribution in [0.3, 0.4) is 0 Å². The van der Waals surface area contributed by atoms with Gasteiger partial charge in [-0.05, 0) is 43.7 Å². The second kappa shape index (κ2) is 6.58. The second-order valence-electron chi connectivity index (χ2n) is 6.87. The van der Waals surface area contributed by atoms with Gasteiger partial charge in [-0.1, -0.05) is 11.6 Å². The van der Waals surface area contributed by atoms with Gasteiger partial charge in [-0.3, -0.25) is 4.98 Å². The Morgan fingerprint density at radius 3 is 2.57 bits per heavy atom. The number of aliphatic hydroxyl groups is 1. The number of hydrogen-bond acceptors (Lipinski definition) is 6. The predicted molar refractivity (Wildman–Crippen MR) is 94.2 cm³/mol. The van der Waals surface area contributed by atoms with E-state index >= 15 is 0 Å². The average molecular weight is 438 g/mol. The molecule has 1 aromatic heterocycles. The summed E-state index contributed by atoms with van der Waals surface area (Å²) in [5, 5.41) is 10.7. The minimum absolute atomic E-state index is 0.0228. The van der Waals surface area contributed by atoms with Crippen molar-refractivity contribution < 1.29 is 35.6 Å². The molecule has 0 saturated heterocycles. The van der Waals surface area contributed by atoms with Crippen molar-refractivity contribution in [3.05, 3.63) is 58.6 Å². The van der Waals surface area contributed by atoms with Gasteiger partial charge < -0.3 is 9.84 Å². The second-order valence-corrected chi connectivity index (χ2v) is 8.84. The molecule has 1 atom stereocenters. The zero-order valence-electron chi connectivity index (χ0n) is 14.6. The van der Waals surface area contributed by atoms with Gasteiger partial charge in [0.15, 0.2) is 0 Å². The zero-order valence-corrected chi connectivity index (χ0v) is 16.2. The van der Waals surface area contributed by atoms with Gasteiger partial charge in [0.25, 0.3) is 0 Å². The molecule has 0 fully saturated rings. The van der Waals surface area contributed by atoms with E-state index in [0.29, 0.717) is 28.3 Å². The largest absolute Gasteiger partial charge is 0.523 e. The molecule has 3 rings (SSSR count). The van der Waals surface area contributed by atoms with E-state index in [1.165, 1.54) is 12.3 Å². The van der Waals surface area contributed by atoms with Gasteiger partial charge in [-0.15, -0.1) is 0 Å². The van der Waals surface area contributed by atoms with Gasteiger partial charge in [0.2, 0.25) is 5.79 Å². The van der Waals surface area contributed by atoms with Crippen LogP contribution in [0.4, 0.5) is 13.2 Å². The summed E-state index contributed by atoms with van der Waals surface area (Å²) < 4.78 is 70.1. The van der Waals surface area contributed by atoms with Gasteiger partial charge in [0.1, 0.15) is 11.4 Å². The third-order valence-electron chi connectivity index (χ3n) is 3.97. The molecule has 0 amide bonds.